The molecule has 1 aromatic rings. The Hall–Kier alpha value is -1.36. The first-order valence-corrected chi connectivity index (χ1v) is 6.03. The molecule has 1 aliphatic heterocycles. The third kappa shape index (κ3) is 3.30. The standard InChI is InChI=1S/C12H18N2O3/c1-9-6-11(17-13-9)8-14-5-3-2-4-10(14)7-12(15)16/h6,10H,2-5,7-8H2,1H3,(H,15,16). The summed E-state index contributed by atoms with van der Waals surface area (Å²) in [4.78, 5) is 13.0. The van der Waals surface area contributed by atoms with Crippen molar-refractivity contribution in [2.45, 2.75) is 45.2 Å². The lowest BCUT2D eigenvalue weighted by Crippen LogP contribution is -2.40. The molecule has 94 valence electrons. The lowest BCUT2D eigenvalue weighted by molar-refractivity contribution is -0.138. The highest BCUT2D eigenvalue weighted by Gasteiger charge is 2.25. The molecule has 0 spiro atoms. The Morgan fingerprint density at radius 3 is 3.12 bits per heavy atom. The lowest BCUT2D eigenvalue weighted by Gasteiger charge is -2.33. The molecule has 0 bridgehead atoms. The number of nitrogens with zero attached hydrogens (tertiary/aromatic N) is 2. The van der Waals surface area contributed by atoms with Crippen LogP contribution in [0, 0.1) is 6.92 Å². The quantitative estimate of drug-likeness (QED) is 0.866. The van der Waals surface area contributed by atoms with Gasteiger partial charge in [-0.1, -0.05) is 11.6 Å². The number of hydrogen-bond acceptors (Lipinski definition) is 4. The Kier molecular flexibility index (Phi) is 3.78. The highest BCUT2D eigenvalue weighted by Crippen LogP contribution is 2.22. The van der Waals surface area contributed by atoms with Crippen molar-refractivity contribution in [3.05, 3.63) is 17.5 Å². The maximum Gasteiger partial charge on any atom is 0.304 e. The summed E-state index contributed by atoms with van der Waals surface area (Å²) in [6.45, 7) is 3.49. The third-order valence-electron chi connectivity index (χ3n) is 3.20. The fourth-order valence-corrected chi connectivity index (χ4v) is 2.39. The van der Waals surface area contributed by atoms with E-state index in [0.717, 1.165) is 37.3 Å². The van der Waals surface area contributed by atoms with Crippen LogP contribution in [0.4, 0.5) is 0 Å². The van der Waals surface area contributed by atoms with Gasteiger partial charge in [-0.05, 0) is 26.3 Å². The van der Waals surface area contributed by atoms with E-state index in [9.17, 15) is 4.79 Å². The van der Waals surface area contributed by atoms with Gasteiger partial charge in [-0.3, -0.25) is 9.69 Å². The second-order valence-corrected chi connectivity index (χ2v) is 4.65. The highest BCUT2D eigenvalue weighted by atomic mass is 16.5. The molecule has 0 aromatic carbocycles. The van der Waals surface area contributed by atoms with E-state index in [4.69, 9.17) is 9.63 Å². The van der Waals surface area contributed by atoms with Crippen LogP contribution in [-0.2, 0) is 11.3 Å². The number of carboxylic acids is 1. The van der Waals surface area contributed by atoms with Crippen molar-refractivity contribution in [3.8, 4) is 0 Å². The zero-order valence-electron chi connectivity index (χ0n) is 10.1. The van der Waals surface area contributed by atoms with E-state index in [1.54, 1.807) is 0 Å². The van der Waals surface area contributed by atoms with E-state index in [1.807, 2.05) is 13.0 Å². The number of likely N-dealkylation sites (tertiary alicyclic amines) is 1. The van der Waals surface area contributed by atoms with Crippen LogP contribution >= 0.6 is 0 Å². The average Bonchev–Trinajstić information content (AvgIpc) is 2.66. The monoisotopic (exact) mass is 238 g/mol. The Morgan fingerprint density at radius 1 is 1.65 bits per heavy atom. The summed E-state index contributed by atoms with van der Waals surface area (Å²) in [5.74, 6) is 0.0930. The molecule has 1 N–H and O–H groups in total. The van der Waals surface area contributed by atoms with Gasteiger partial charge in [-0.25, -0.2) is 0 Å². The van der Waals surface area contributed by atoms with Crippen LogP contribution in [0.5, 0.6) is 0 Å². The van der Waals surface area contributed by atoms with Crippen LogP contribution in [0.2, 0.25) is 0 Å². The van der Waals surface area contributed by atoms with Gasteiger partial charge in [-0.15, -0.1) is 0 Å². The third-order valence-corrected chi connectivity index (χ3v) is 3.20. The van der Waals surface area contributed by atoms with Crippen LogP contribution in [0.15, 0.2) is 10.6 Å². The van der Waals surface area contributed by atoms with Gasteiger partial charge in [0.05, 0.1) is 18.7 Å². The van der Waals surface area contributed by atoms with Gasteiger partial charge < -0.3 is 9.63 Å². The minimum absolute atomic E-state index is 0.131. The van der Waals surface area contributed by atoms with E-state index in [-0.39, 0.29) is 12.5 Å². The highest BCUT2D eigenvalue weighted by molar-refractivity contribution is 5.67. The number of piperidine rings is 1. The van der Waals surface area contributed by atoms with Crippen LogP contribution in [0.1, 0.15) is 37.1 Å². The van der Waals surface area contributed by atoms with Crippen molar-refractivity contribution < 1.29 is 14.4 Å². The molecule has 5 nitrogen and oxygen atoms in total. The summed E-state index contributed by atoms with van der Waals surface area (Å²) in [6, 6.07) is 2.04. The maximum atomic E-state index is 10.8. The zero-order chi connectivity index (χ0) is 12.3. The van der Waals surface area contributed by atoms with Crippen molar-refractivity contribution in [1.29, 1.82) is 0 Å². The minimum atomic E-state index is -0.726. The van der Waals surface area contributed by atoms with Crippen LogP contribution < -0.4 is 0 Å². The number of rotatable bonds is 4. The predicted molar refractivity (Wildman–Crippen MR) is 61.5 cm³/mol. The van der Waals surface area contributed by atoms with Crippen molar-refractivity contribution in [3.63, 3.8) is 0 Å². The van der Waals surface area contributed by atoms with E-state index >= 15 is 0 Å². The topological polar surface area (TPSA) is 66.6 Å². The number of aromatic nitrogens is 1. The van der Waals surface area contributed by atoms with Crippen molar-refractivity contribution in [2.75, 3.05) is 6.54 Å². The fourth-order valence-electron chi connectivity index (χ4n) is 2.39. The van der Waals surface area contributed by atoms with E-state index in [1.165, 1.54) is 0 Å². The molecule has 0 radical (unpaired) electrons. The van der Waals surface area contributed by atoms with Crippen LogP contribution in [0.3, 0.4) is 0 Å². The van der Waals surface area contributed by atoms with E-state index < -0.39 is 5.97 Å². The predicted octanol–water partition coefficient (Wildman–Crippen LogP) is 1.81. The van der Waals surface area contributed by atoms with Gasteiger partial charge in [0.25, 0.3) is 0 Å². The number of aliphatic carboxylic acids is 1. The molecule has 2 heterocycles. The summed E-state index contributed by atoms with van der Waals surface area (Å²) in [5, 5.41) is 12.7. The maximum absolute atomic E-state index is 10.8. The Balaban J connectivity index is 1.98. The smallest absolute Gasteiger partial charge is 0.304 e. The van der Waals surface area contributed by atoms with E-state index in [2.05, 4.69) is 10.1 Å². The summed E-state index contributed by atoms with van der Waals surface area (Å²) in [7, 11) is 0. The molecule has 1 atom stereocenters. The second kappa shape index (κ2) is 5.31. The molecular weight excluding hydrogens is 220 g/mol. The molecule has 1 saturated heterocycles. The number of hydrogen-bond donors (Lipinski definition) is 1. The van der Waals surface area contributed by atoms with Gasteiger partial charge in [0.1, 0.15) is 0 Å². The average molecular weight is 238 g/mol. The molecule has 1 unspecified atom stereocenters. The molecule has 1 aromatic heterocycles. The summed E-state index contributed by atoms with van der Waals surface area (Å²) >= 11 is 0. The van der Waals surface area contributed by atoms with Gasteiger partial charge in [0.2, 0.25) is 0 Å². The lowest BCUT2D eigenvalue weighted by atomic mass is 9.99. The van der Waals surface area contributed by atoms with Crippen LogP contribution in [-0.4, -0.2) is 33.7 Å². The van der Waals surface area contributed by atoms with Crippen molar-refractivity contribution >= 4 is 5.97 Å². The molecule has 5 heteroatoms. The molecule has 0 aliphatic carbocycles. The largest absolute Gasteiger partial charge is 0.481 e. The summed E-state index contributed by atoms with van der Waals surface area (Å²) < 4.78 is 5.18. The summed E-state index contributed by atoms with van der Waals surface area (Å²) in [5.41, 5.74) is 0.867. The molecule has 0 saturated carbocycles. The van der Waals surface area contributed by atoms with Gasteiger partial charge in [0.15, 0.2) is 5.76 Å². The number of carbonyl (C=O) groups is 1. The fraction of sp³-hybridized carbons (Fsp3) is 0.667. The SMILES string of the molecule is Cc1cc(CN2CCCCC2CC(=O)O)on1. The van der Waals surface area contributed by atoms with Crippen molar-refractivity contribution in [1.82, 2.24) is 10.1 Å². The number of carboxylic acid groups (broad SMARTS) is 1. The summed E-state index contributed by atoms with van der Waals surface area (Å²) in [6.07, 6.45) is 3.42. The second-order valence-electron chi connectivity index (χ2n) is 4.65. The Bertz CT molecular complexity index is 389. The molecule has 0 amide bonds. The zero-order valence-corrected chi connectivity index (χ0v) is 10.1. The van der Waals surface area contributed by atoms with Crippen LogP contribution in [0.25, 0.3) is 0 Å². The van der Waals surface area contributed by atoms with Crippen molar-refractivity contribution in [2.24, 2.45) is 0 Å². The molecule has 2 rings (SSSR count). The molecule has 1 aliphatic rings. The molecule has 1 fully saturated rings. The first-order valence-electron chi connectivity index (χ1n) is 6.03. The normalized spacial score (nSPS) is 21.6. The Morgan fingerprint density at radius 2 is 2.47 bits per heavy atom. The van der Waals surface area contributed by atoms with Gasteiger partial charge >= 0.3 is 5.97 Å². The van der Waals surface area contributed by atoms with E-state index in [0.29, 0.717) is 6.54 Å². The first kappa shape index (κ1) is 12.1. The number of aryl methyl sites for hydroxylation is 1. The Labute approximate surface area is 100 Å². The molecule has 17 heavy (non-hydrogen) atoms. The minimum Gasteiger partial charge on any atom is -0.481 e. The molecular formula is C12H18N2O3. The van der Waals surface area contributed by atoms with Gasteiger partial charge in [0, 0.05) is 12.1 Å². The first-order chi connectivity index (χ1) is 8.15. The van der Waals surface area contributed by atoms with Gasteiger partial charge in [-0.2, -0.15) is 0 Å².